The van der Waals surface area contributed by atoms with E-state index in [4.69, 9.17) is 4.74 Å². The van der Waals surface area contributed by atoms with E-state index in [2.05, 4.69) is 34.5 Å². The van der Waals surface area contributed by atoms with Crippen LogP contribution in [0.25, 0.3) is 11.1 Å². The van der Waals surface area contributed by atoms with Crippen LogP contribution in [0.1, 0.15) is 34.3 Å². The molecule has 0 fully saturated rings. The molecule has 4 heteroatoms. The summed E-state index contributed by atoms with van der Waals surface area (Å²) in [6, 6.07) is 24.4. The van der Waals surface area contributed by atoms with Crippen molar-refractivity contribution in [2.45, 2.75) is 25.8 Å². The first-order valence-corrected chi connectivity index (χ1v) is 11.0. The second-order valence-corrected chi connectivity index (χ2v) is 8.07. The number of benzene rings is 3. The van der Waals surface area contributed by atoms with E-state index in [1.165, 1.54) is 11.1 Å². The molecule has 1 amide bonds. The number of rotatable bonds is 8. The number of nitrogens with one attached hydrogen (secondary N) is 1. The Kier molecular flexibility index (Phi) is 7.00. The van der Waals surface area contributed by atoms with E-state index in [0.29, 0.717) is 12.1 Å². The molecular formula is C27H30N2O2. The Bertz CT molecular complexity index is 1000. The Morgan fingerprint density at radius 3 is 2.48 bits per heavy atom. The maximum absolute atomic E-state index is 12.4. The molecule has 4 rings (SSSR count). The first kappa shape index (κ1) is 21.1. The minimum absolute atomic E-state index is 0.000425. The average Bonchev–Trinajstić information content (AvgIpc) is 2.84. The largest absolute Gasteiger partial charge is 0.497 e. The summed E-state index contributed by atoms with van der Waals surface area (Å²) in [5, 5.41) is 3.05. The zero-order chi connectivity index (χ0) is 21.5. The third kappa shape index (κ3) is 5.53. The number of ether oxygens (including phenoxy) is 1. The first-order valence-electron chi connectivity index (χ1n) is 11.0. The van der Waals surface area contributed by atoms with Crippen molar-refractivity contribution in [2.24, 2.45) is 0 Å². The molecule has 3 aromatic rings. The molecule has 1 aliphatic rings. The van der Waals surface area contributed by atoms with E-state index in [9.17, 15) is 4.79 Å². The zero-order valence-corrected chi connectivity index (χ0v) is 18.1. The number of unbranched alkanes of at least 4 members (excludes halogenated alkanes) is 1. The fraction of sp³-hybridized carbons (Fsp3) is 0.296. The van der Waals surface area contributed by atoms with Gasteiger partial charge in [-0.2, -0.15) is 0 Å². The van der Waals surface area contributed by atoms with Crippen molar-refractivity contribution < 1.29 is 9.53 Å². The molecule has 0 saturated carbocycles. The number of nitrogens with zero attached hydrogens (tertiary/aromatic N) is 1. The van der Waals surface area contributed by atoms with Gasteiger partial charge in [0, 0.05) is 25.2 Å². The lowest BCUT2D eigenvalue weighted by Crippen LogP contribution is -2.32. The summed E-state index contributed by atoms with van der Waals surface area (Å²) in [4.78, 5) is 14.9. The van der Waals surface area contributed by atoms with Crippen molar-refractivity contribution in [1.29, 1.82) is 0 Å². The van der Waals surface area contributed by atoms with Gasteiger partial charge in [0.1, 0.15) is 5.75 Å². The number of amides is 1. The van der Waals surface area contributed by atoms with Crippen molar-refractivity contribution in [2.75, 3.05) is 26.7 Å². The summed E-state index contributed by atoms with van der Waals surface area (Å²) in [5.41, 5.74) is 5.80. The predicted molar refractivity (Wildman–Crippen MR) is 125 cm³/mol. The van der Waals surface area contributed by atoms with Gasteiger partial charge in [0.25, 0.3) is 5.91 Å². The average molecular weight is 415 g/mol. The van der Waals surface area contributed by atoms with Crippen LogP contribution in [0.5, 0.6) is 5.75 Å². The molecule has 0 unspecified atom stereocenters. The summed E-state index contributed by atoms with van der Waals surface area (Å²) >= 11 is 0. The lowest BCUT2D eigenvalue weighted by molar-refractivity contribution is 0.0952. The van der Waals surface area contributed by atoms with Crippen molar-refractivity contribution in [3.05, 3.63) is 89.5 Å². The summed E-state index contributed by atoms with van der Waals surface area (Å²) in [6.45, 7) is 3.85. The number of carbonyl (C=O) groups is 1. The highest BCUT2D eigenvalue weighted by Gasteiger charge is 2.16. The first-order chi connectivity index (χ1) is 15.2. The standard InChI is InChI=1S/C27H30N2O2/c1-31-26-14-13-25-20-29(18-15-24(25)19-26)17-6-5-16-28-27(30)23-11-9-22(10-12-23)21-7-3-2-4-8-21/h2-4,7-14,19H,5-6,15-18,20H2,1H3,(H,28,30). The number of fused-ring (bicyclic) bond motifs is 1. The third-order valence-corrected chi connectivity index (χ3v) is 5.95. The molecule has 0 saturated heterocycles. The van der Waals surface area contributed by atoms with E-state index in [1.807, 2.05) is 48.5 Å². The highest BCUT2D eigenvalue weighted by molar-refractivity contribution is 5.94. The fourth-order valence-electron chi connectivity index (χ4n) is 4.11. The Morgan fingerprint density at radius 1 is 0.935 bits per heavy atom. The van der Waals surface area contributed by atoms with Gasteiger partial charge in [0.05, 0.1) is 7.11 Å². The number of hydrogen-bond acceptors (Lipinski definition) is 3. The van der Waals surface area contributed by atoms with Gasteiger partial charge in [-0.15, -0.1) is 0 Å². The summed E-state index contributed by atoms with van der Waals surface area (Å²) in [6.07, 6.45) is 3.14. The third-order valence-electron chi connectivity index (χ3n) is 5.95. The summed E-state index contributed by atoms with van der Waals surface area (Å²) in [7, 11) is 1.72. The van der Waals surface area contributed by atoms with Crippen LogP contribution >= 0.6 is 0 Å². The topological polar surface area (TPSA) is 41.6 Å². The molecule has 1 aliphatic heterocycles. The molecule has 0 aromatic heterocycles. The minimum Gasteiger partial charge on any atom is -0.497 e. The zero-order valence-electron chi connectivity index (χ0n) is 18.1. The van der Waals surface area contributed by atoms with Crippen LogP contribution in [0.15, 0.2) is 72.8 Å². The van der Waals surface area contributed by atoms with Gasteiger partial charge in [-0.3, -0.25) is 9.69 Å². The summed E-state index contributed by atoms with van der Waals surface area (Å²) in [5.74, 6) is 0.943. The van der Waals surface area contributed by atoms with E-state index in [1.54, 1.807) is 7.11 Å². The van der Waals surface area contributed by atoms with Crippen molar-refractivity contribution in [3.8, 4) is 16.9 Å². The van der Waals surface area contributed by atoms with Crippen molar-refractivity contribution in [3.63, 3.8) is 0 Å². The molecule has 1 N–H and O–H groups in total. The van der Waals surface area contributed by atoms with E-state index < -0.39 is 0 Å². The molecule has 4 nitrogen and oxygen atoms in total. The Balaban J connectivity index is 1.17. The van der Waals surface area contributed by atoms with Gasteiger partial charge in [-0.05, 0) is 72.3 Å². The maximum Gasteiger partial charge on any atom is 0.251 e. The number of methoxy groups -OCH3 is 1. The molecule has 160 valence electrons. The normalized spacial score (nSPS) is 13.5. The van der Waals surface area contributed by atoms with Crippen LogP contribution in [0.4, 0.5) is 0 Å². The van der Waals surface area contributed by atoms with E-state index >= 15 is 0 Å². The van der Waals surface area contributed by atoms with Crippen LogP contribution in [0.3, 0.4) is 0 Å². The quantitative estimate of drug-likeness (QED) is 0.532. The second-order valence-electron chi connectivity index (χ2n) is 8.07. The Labute approximate surface area is 184 Å². The van der Waals surface area contributed by atoms with Crippen LogP contribution in [-0.4, -0.2) is 37.6 Å². The minimum atomic E-state index is 0.000425. The molecule has 31 heavy (non-hydrogen) atoms. The highest BCUT2D eigenvalue weighted by atomic mass is 16.5. The van der Waals surface area contributed by atoms with Gasteiger partial charge >= 0.3 is 0 Å². The van der Waals surface area contributed by atoms with Crippen LogP contribution in [-0.2, 0) is 13.0 Å². The van der Waals surface area contributed by atoms with Gasteiger partial charge in [-0.1, -0.05) is 48.5 Å². The van der Waals surface area contributed by atoms with Crippen LogP contribution < -0.4 is 10.1 Å². The van der Waals surface area contributed by atoms with Crippen molar-refractivity contribution >= 4 is 5.91 Å². The molecule has 0 spiro atoms. The van der Waals surface area contributed by atoms with Crippen LogP contribution in [0, 0.1) is 0 Å². The number of carbonyl (C=O) groups excluding carboxylic acids is 1. The molecule has 0 bridgehead atoms. The lowest BCUT2D eigenvalue weighted by Gasteiger charge is -2.29. The molecule has 0 aliphatic carbocycles. The predicted octanol–water partition coefficient (Wildman–Crippen LogP) is 4.93. The van der Waals surface area contributed by atoms with Crippen molar-refractivity contribution in [1.82, 2.24) is 10.2 Å². The van der Waals surface area contributed by atoms with Gasteiger partial charge < -0.3 is 10.1 Å². The molecule has 0 radical (unpaired) electrons. The van der Waals surface area contributed by atoms with Gasteiger partial charge in [0.15, 0.2) is 0 Å². The van der Waals surface area contributed by atoms with Gasteiger partial charge in [-0.25, -0.2) is 0 Å². The van der Waals surface area contributed by atoms with E-state index in [-0.39, 0.29) is 5.91 Å². The van der Waals surface area contributed by atoms with Gasteiger partial charge in [0.2, 0.25) is 0 Å². The Morgan fingerprint density at radius 2 is 1.71 bits per heavy atom. The Hall–Kier alpha value is -3.11. The van der Waals surface area contributed by atoms with Crippen LogP contribution in [0.2, 0.25) is 0 Å². The smallest absolute Gasteiger partial charge is 0.251 e. The molecule has 1 heterocycles. The SMILES string of the molecule is COc1ccc2c(c1)CCN(CCCCNC(=O)c1ccc(-c3ccccc3)cc1)C2. The lowest BCUT2D eigenvalue weighted by atomic mass is 9.99. The molecular weight excluding hydrogens is 384 g/mol. The number of hydrogen-bond donors (Lipinski definition) is 1. The molecule has 0 atom stereocenters. The second kappa shape index (κ2) is 10.3. The maximum atomic E-state index is 12.4. The fourth-order valence-corrected chi connectivity index (χ4v) is 4.11. The molecule has 3 aromatic carbocycles. The van der Waals surface area contributed by atoms with E-state index in [0.717, 1.165) is 55.8 Å². The highest BCUT2D eigenvalue weighted by Crippen LogP contribution is 2.24. The summed E-state index contributed by atoms with van der Waals surface area (Å²) < 4.78 is 5.33. The monoisotopic (exact) mass is 414 g/mol.